The van der Waals surface area contributed by atoms with Crippen LogP contribution in [0.25, 0.3) is 0 Å². The standard InChI is InChI=1S/C21H23ClN6O3S/c1-10-6-7-24-17(22)16(10)27-19(30)14-5-4-13(8-11(14)2)26-21-15(20(31)28-32-21)18(23)25-12(3)9-29/h4-8,12,26,29H,9H2,1-3H3,(H2,23,25)(H,27,30)(H,28,31). The lowest BCUT2D eigenvalue weighted by atomic mass is 10.1. The molecule has 2 aromatic heterocycles. The third-order valence-corrected chi connectivity index (χ3v) is 5.74. The maximum Gasteiger partial charge on any atom is 0.271 e. The van der Waals surface area contributed by atoms with E-state index in [4.69, 9.17) is 17.3 Å². The number of aliphatic hydroxyl groups is 1. The number of benzene rings is 1. The van der Waals surface area contributed by atoms with Gasteiger partial charge in [-0.2, -0.15) is 0 Å². The van der Waals surface area contributed by atoms with E-state index in [1.54, 1.807) is 44.3 Å². The summed E-state index contributed by atoms with van der Waals surface area (Å²) in [5.41, 5.74) is 8.92. The van der Waals surface area contributed by atoms with Crippen LogP contribution in [0.2, 0.25) is 5.15 Å². The number of amides is 1. The van der Waals surface area contributed by atoms with Gasteiger partial charge in [0.25, 0.3) is 11.5 Å². The van der Waals surface area contributed by atoms with E-state index in [0.717, 1.165) is 17.1 Å². The van der Waals surface area contributed by atoms with Crippen molar-refractivity contribution in [1.82, 2.24) is 9.36 Å². The lowest BCUT2D eigenvalue weighted by Gasteiger charge is -2.13. The van der Waals surface area contributed by atoms with Crippen molar-refractivity contribution < 1.29 is 9.90 Å². The first-order valence-electron chi connectivity index (χ1n) is 9.67. The number of carbonyl (C=O) groups is 1. The fourth-order valence-electron chi connectivity index (χ4n) is 2.95. The average Bonchev–Trinajstić information content (AvgIpc) is 3.10. The van der Waals surface area contributed by atoms with Crippen LogP contribution in [-0.4, -0.2) is 38.9 Å². The van der Waals surface area contributed by atoms with Crippen LogP contribution in [0.5, 0.6) is 0 Å². The summed E-state index contributed by atoms with van der Waals surface area (Å²) in [7, 11) is 0. The van der Waals surface area contributed by atoms with Gasteiger partial charge in [0.2, 0.25) is 0 Å². The van der Waals surface area contributed by atoms with Crippen molar-refractivity contribution in [3.63, 3.8) is 0 Å². The number of aryl methyl sites for hydroxylation is 2. The molecule has 1 atom stereocenters. The molecule has 0 fully saturated rings. The van der Waals surface area contributed by atoms with Gasteiger partial charge in [-0.25, -0.2) is 4.98 Å². The summed E-state index contributed by atoms with van der Waals surface area (Å²) in [5.74, 6) is -0.276. The molecule has 0 bridgehead atoms. The number of hydrogen-bond donors (Lipinski definition) is 5. The van der Waals surface area contributed by atoms with Gasteiger partial charge in [0, 0.05) is 17.4 Å². The normalized spacial score (nSPS) is 12.5. The Morgan fingerprint density at radius 2 is 2.09 bits per heavy atom. The summed E-state index contributed by atoms with van der Waals surface area (Å²) in [4.78, 5) is 33.1. The van der Waals surface area contributed by atoms with Gasteiger partial charge < -0.3 is 21.5 Å². The van der Waals surface area contributed by atoms with E-state index in [-0.39, 0.29) is 34.6 Å². The Bertz CT molecular complexity index is 1220. The van der Waals surface area contributed by atoms with Gasteiger partial charge in [0.15, 0.2) is 5.15 Å². The monoisotopic (exact) mass is 474 g/mol. The molecule has 0 aliphatic carbocycles. The molecule has 0 radical (unpaired) electrons. The number of halogens is 1. The van der Waals surface area contributed by atoms with E-state index < -0.39 is 6.04 Å². The highest BCUT2D eigenvalue weighted by Crippen LogP contribution is 2.26. The summed E-state index contributed by atoms with van der Waals surface area (Å²) in [6.45, 7) is 5.14. The smallest absolute Gasteiger partial charge is 0.271 e. The SMILES string of the molecule is Cc1cc(Nc2s[nH]c(=O)c2C(N)=NC(C)CO)ccc1C(=O)Nc1c(C)ccnc1Cl. The molecular weight excluding hydrogens is 452 g/mol. The summed E-state index contributed by atoms with van der Waals surface area (Å²) in [6.07, 6.45) is 1.57. The molecule has 3 aromatic rings. The number of pyridine rings is 1. The zero-order valence-electron chi connectivity index (χ0n) is 17.7. The van der Waals surface area contributed by atoms with Crippen molar-refractivity contribution in [2.75, 3.05) is 17.2 Å². The number of nitrogens with one attached hydrogen (secondary N) is 3. The Morgan fingerprint density at radius 1 is 1.34 bits per heavy atom. The van der Waals surface area contributed by atoms with Gasteiger partial charge >= 0.3 is 0 Å². The molecule has 9 nitrogen and oxygen atoms in total. The first-order valence-corrected chi connectivity index (χ1v) is 10.9. The fraction of sp³-hybridized carbons (Fsp3) is 0.238. The highest BCUT2D eigenvalue weighted by molar-refractivity contribution is 7.10. The Labute approximate surface area is 193 Å². The number of nitrogens with two attached hydrogens (primary N) is 1. The van der Waals surface area contributed by atoms with E-state index in [2.05, 4.69) is 25.0 Å². The molecule has 0 aliphatic heterocycles. The number of carbonyl (C=O) groups excluding carboxylic acids is 1. The van der Waals surface area contributed by atoms with Crippen molar-refractivity contribution in [3.05, 3.63) is 68.2 Å². The quantitative estimate of drug-likeness (QED) is 0.202. The van der Waals surface area contributed by atoms with Gasteiger partial charge in [0.05, 0.1) is 18.3 Å². The molecule has 1 aromatic carbocycles. The largest absolute Gasteiger partial charge is 0.394 e. The van der Waals surface area contributed by atoms with Gasteiger partial charge in [-0.3, -0.25) is 19.0 Å². The Balaban J connectivity index is 1.83. The third-order valence-electron chi connectivity index (χ3n) is 4.66. The van der Waals surface area contributed by atoms with E-state index in [1.807, 2.05) is 6.92 Å². The van der Waals surface area contributed by atoms with Gasteiger partial charge in [-0.05, 0) is 67.7 Å². The Hall–Kier alpha value is -3.21. The molecule has 2 heterocycles. The highest BCUT2D eigenvalue weighted by atomic mass is 35.5. The van der Waals surface area contributed by atoms with Crippen LogP contribution in [0.1, 0.15) is 34.0 Å². The summed E-state index contributed by atoms with van der Waals surface area (Å²) in [6, 6.07) is 6.51. The molecule has 3 rings (SSSR count). The van der Waals surface area contributed by atoms with Crippen molar-refractivity contribution in [2.24, 2.45) is 10.7 Å². The lowest BCUT2D eigenvalue weighted by molar-refractivity contribution is 0.102. The van der Waals surface area contributed by atoms with E-state index in [1.165, 1.54) is 0 Å². The second-order valence-corrected chi connectivity index (χ2v) is 8.36. The molecule has 168 valence electrons. The molecule has 0 aliphatic rings. The van der Waals surface area contributed by atoms with Crippen molar-refractivity contribution in [2.45, 2.75) is 26.8 Å². The van der Waals surface area contributed by atoms with E-state index >= 15 is 0 Å². The molecule has 6 N–H and O–H groups in total. The zero-order valence-corrected chi connectivity index (χ0v) is 19.3. The predicted octanol–water partition coefficient (Wildman–Crippen LogP) is 3.18. The second kappa shape index (κ2) is 9.94. The highest BCUT2D eigenvalue weighted by Gasteiger charge is 2.17. The number of amidine groups is 1. The second-order valence-electron chi connectivity index (χ2n) is 7.19. The number of H-pyrrole nitrogens is 1. The number of hydrogen-bond acceptors (Lipinski definition) is 7. The minimum absolute atomic E-state index is 0.0352. The average molecular weight is 475 g/mol. The van der Waals surface area contributed by atoms with Crippen LogP contribution in [-0.2, 0) is 0 Å². The van der Waals surface area contributed by atoms with Crippen LogP contribution >= 0.6 is 23.1 Å². The number of anilines is 3. The van der Waals surface area contributed by atoms with Crippen molar-refractivity contribution in [1.29, 1.82) is 0 Å². The number of aromatic amines is 1. The van der Waals surface area contributed by atoms with Crippen molar-refractivity contribution in [3.8, 4) is 0 Å². The van der Waals surface area contributed by atoms with Gasteiger partial charge in [-0.15, -0.1) is 0 Å². The Kier molecular flexibility index (Phi) is 7.29. The van der Waals surface area contributed by atoms with E-state index in [0.29, 0.717) is 27.5 Å². The fourth-order valence-corrected chi connectivity index (χ4v) is 3.97. The van der Waals surface area contributed by atoms with Crippen LogP contribution < -0.4 is 21.9 Å². The number of aliphatic hydroxyl groups excluding tert-OH is 1. The molecule has 0 saturated heterocycles. The molecule has 1 amide bonds. The van der Waals surface area contributed by atoms with Crippen LogP contribution in [0.15, 0.2) is 40.2 Å². The summed E-state index contributed by atoms with van der Waals surface area (Å²) < 4.78 is 2.63. The van der Waals surface area contributed by atoms with Crippen molar-refractivity contribution >= 4 is 51.3 Å². The zero-order chi connectivity index (χ0) is 23.4. The van der Waals surface area contributed by atoms with Gasteiger partial charge in [-0.1, -0.05) is 11.6 Å². The molecule has 32 heavy (non-hydrogen) atoms. The molecule has 11 heteroatoms. The first-order chi connectivity index (χ1) is 15.2. The first kappa shape index (κ1) is 23.5. The predicted molar refractivity (Wildman–Crippen MR) is 129 cm³/mol. The van der Waals surface area contributed by atoms with Crippen LogP contribution in [0, 0.1) is 13.8 Å². The van der Waals surface area contributed by atoms with Crippen LogP contribution in [0.4, 0.5) is 16.4 Å². The third kappa shape index (κ3) is 5.16. The minimum atomic E-state index is -0.431. The topological polar surface area (TPSA) is 145 Å². The summed E-state index contributed by atoms with van der Waals surface area (Å²) in [5, 5.41) is 15.8. The number of aliphatic imine (C=N–C) groups is 1. The molecule has 1 unspecified atom stereocenters. The molecular formula is C21H23ClN6O3S. The Morgan fingerprint density at radius 3 is 2.75 bits per heavy atom. The lowest BCUT2D eigenvalue weighted by Crippen LogP contribution is -2.24. The van der Waals surface area contributed by atoms with Gasteiger partial charge in [0.1, 0.15) is 16.4 Å². The maximum atomic E-state index is 12.8. The molecule has 0 saturated carbocycles. The summed E-state index contributed by atoms with van der Waals surface area (Å²) >= 11 is 7.18. The molecule has 0 spiro atoms. The number of aromatic nitrogens is 2. The van der Waals surface area contributed by atoms with Crippen LogP contribution in [0.3, 0.4) is 0 Å². The number of rotatable bonds is 7. The van der Waals surface area contributed by atoms with E-state index in [9.17, 15) is 14.7 Å². The minimum Gasteiger partial charge on any atom is -0.394 e. The number of nitrogens with zero attached hydrogens (tertiary/aromatic N) is 2. The maximum absolute atomic E-state index is 12.8.